The van der Waals surface area contributed by atoms with Gasteiger partial charge in [-0.25, -0.2) is 9.69 Å². The molecule has 0 bridgehead atoms. The van der Waals surface area contributed by atoms with Gasteiger partial charge in [0.25, 0.3) is 5.91 Å². The SMILES string of the molecule is CCc1ccccc1NC(=O)CN1C(=O)N/C(=C/c2cc(I)c(OCc3ccc4ccccc4c3)c(OC)c2)C1=O. The predicted molar refractivity (Wildman–Crippen MR) is 167 cm³/mol. The second-order valence-corrected chi connectivity index (χ2v) is 10.6. The molecule has 41 heavy (non-hydrogen) atoms. The molecule has 0 aromatic heterocycles. The first-order chi connectivity index (χ1) is 19.9. The first-order valence-corrected chi connectivity index (χ1v) is 14.1. The molecule has 4 aromatic carbocycles. The predicted octanol–water partition coefficient (Wildman–Crippen LogP) is 6.13. The molecule has 1 aliphatic rings. The maximum atomic E-state index is 13.0. The van der Waals surface area contributed by atoms with Crippen molar-refractivity contribution < 1.29 is 23.9 Å². The van der Waals surface area contributed by atoms with Gasteiger partial charge in [-0.2, -0.15) is 0 Å². The van der Waals surface area contributed by atoms with E-state index in [-0.39, 0.29) is 5.70 Å². The number of hydrogen-bond donors (Lipinski definition) is 2. The topological polar surface area (TPSA) is 97.0 Å². The first kappa shape index (κ1) is 28.2. The van der Waals surface area contributed by atoms with Crippen molar-refractivity contribution in [1.29, 1.82) is 0 Å². The van der Waals surface area contributed by atoms with Gasteiger partial charge in [0.1, 0.15) is 18.8 Å². The number of aryl methyl sites for hydroxylation is 1. The molecule has 0 atom stereocenters. The monoisotopic (exact) mass is 661 g/mol. The minimum absolute atomic E-state index is 0.0689. The Labute approximate surface area is 251 Å². The van der Waals surface area contributed by atoms with Crippen LogP contribution in [-0.2, 0) is 22.6 Å². The summed E-state index contributed by atoms with van der Waals surface area (Å²) in [6.07, 6.45) is 2.30. The molecule has 4 aromatic rings. The molecule has 1 fully saturated rings. The van der Waals surface area contributed by atoms with Gasteiger partial charge in [0.05, 0.1) is 10.7 Å². The maximum absolute atomic E-state index is 13.0. The highest BCUT2D eigenvalue weighted by molar-refractivity contribution is 14.1. The van der Waals surface area contributed by atoms with E-state index in [0.29, 0.717) is 29.4 Å². The number of urea groups is 1. The zero-order valence-electron chi connectivity index (χ0n) is 22.6. The molecule has 4 amide bonds. The number of hydrogen-bond acceptors (Lipinski definition) is 5. The lowest BCUT2D eigenvalue weighted by molar-refractivity contribution is -0.127. The van der Waals surface area contributed by atoms with Crippen LogP contribution in [0.3, 0.4) is 0 Å². The molecule has 9 heteroatoms. The molecule has 0 unspecified atom stereocenters. The number of amides is 4. The van der Waals surface area contributed by atoms with Crippen molar-refractivity contribution in [3.05, 3.63) is 105 Å². The van der Waals surface area contributed by atoms with Crippen LogP contribution < -0.4 is 20.1 Å². The van der Waals surface area contributed by atoms with E-state index in [1.165, 1.54) is 0 Å². The van der Waals surface area contributed by atoms with Gasteiger partial charge >= 0.3 is 6.03 Å². The molecule has 1 saturated heterocycles. The fourth-order valence-electron chi connectivity index (χ4n) is 4.61. The number of para-hydroxylation sites is 1. The Balaban J connectivity index is 1.29. The van der Waals surface area contributed by atoms with E-state index in [0.717, 1.165) is 36.8 Å². The van der Waals surface area contributed by atoms with Crippen molar-refractivity contribution in [2.45, 2.75) is 20.0 Å². The minimum atomic E-state index is -0.655. The summed E-state index contributed by atoms with van der Waals surface area (Å²) in [5, 5.41) is 7.66. The van der Waals surface area contributed by atoms with E-state index >= 15 is 0 Å². The van der Waals surface area contributed by atoms with Gasteiger partial charge < -0.3 is 20.1 Å². The second kappa shape index (κ2) is 12.4. The van der Waals surface area contributed by atoms with Gasteiger partial charge in [0.2, 0.25) is 5.91 Å². The quantitative estimate of drug-likeness (QED) is 0.128. The Kier molecular flexibility index (Phi) is 8.53. The lowest BCUT2D eigenvalue weighted by Gasteiger charge is -2.14. The lowest BCUT2D eigenvalue weighted by Crippen LogP contribution is -2.38. The Bertz CT molecular complexity index is 1680. The first-order valence-electron chi connectivity index (χ1n) is 13.1. The summed E-state index contributed by atoms with van der Waals surface area (Å²) >= 11 is 2.15. The van der Waals surface area contributed by atoms with Crippen LogP contribution in [0.25, 0.3) is 16.8 Å². The molecular formula is C32H28IN3O5. The van der Waals surface area contributed by atoms with E-state index < -0.39 is 24.4 Å². The van der Waals surface area contributed by atoms with Crippen LogP contribution in [0.5, 0.6) is 11.5 Å². The number of carbonyl (C=O) groups is 3. The van der Waals surface area contributed by atoms with E-state index in [1.807, 2.05) is 49.4 Å². The van der Waals surface area contributed by atoms with Crippen molar-refractivity contribution >= 4 is 63.0 Å². The van der Waals surface area contributed by atoms with E-state index in [9.17, 15) is 14.4 Å². The van der Waals surface area contributed by atoms with Gasteiger partial charge in [-0.05, 0) is 86.8 Å². The molecular weight excluding hydrogens is 633 g/mol. The minimum Gasteiger partial charge on any atom is -0.493 e. The summed E-state index contributed by atoms with van der Waals surface area (Å²) in [6.45, 7) is 1.94. The molecule has 2 N–H and O–H groups in total. The van der Waals surface area contributed by atoms with Crippen LogP contribution in [0.15, 0.2) is 84.6 Å². The third-order valence-corrected chi connectivity index (χ3v) is 7.50. The number of nitrogens with zero attached hydrogens (tertiary/aromatic N) is 1. The molecule has 0 radical (unpaired) electrons. The average Bonchev–Trinajstić information content (AvgIpc) is 3.23. The van der Waals surface area contributed by atoms with Gasteiger partial charge in [-0.3, -0.25) is 9.59 Å². The number of benzene rings is 4. The third-order valence-electron chi connectivity index (χ3n) is 6.70. The number of carbonyl (C=O) groups excluding carboxylic acids is 3. The number of anilines is 1. The Hall–Kier alpha value is -4.38. The summed E-state index contributed by atoms with van der Waals surface area (Å²) in [5.74, 6) is 0.0299. The van der Waals surface area contributed by atoms with E-state index in [1.54, 1.807) is 25.3 Å². The maximum Gasteiger partial charge on any atom is 0.329 e. The number of rotatable bonds is 9. The van der Waals surface area contributed by atoms with Crippen LogP contribution in [0.1, 0.15) is 23.6 Å². The van der Waals surface area contributed by atoms with E-state index in [4.69, 9.17) is 9.47 Å². The zero-order valence-corrected chi connectivity index (χ0v) is 24.7. The number of methoxy groups -OCH3 is 1. The van der Waals surface area contributed by atoms with Crippen LogP contribution in [0, 0.1) is 3.57 Å². The summed E-state index contributed by atoms with van der Waals surface area (Å²) in [5.41, 5.74) is 3.35. The lowest BCUT2D eigenvalue weighted by atomic mass is 10.1. The van der Waals surface area contributed by atoms with Crippen LogP contribution in [0.4, 0.5) is 10.5 Å². The largest absolute Gasteiger partial charge is 0.493 e. The molecule has 5 rings (SSSR count). The summed E-state index contributed by atoms with van der Waals surface area (Å²) in [6, 6.07) is 24.7. The highest BCUT2D eigenvalue weighted by Crippen LogP contribution is 2.35. The Morgan fingerprint density at radius 1 is 1.00 bits per heavy atom. The zero-order chi connectivity index (χ0) is 28.9. The molecule has 1 aliphatic heterocycles. The van der Waals surface area contributed by atoms with Crippen LogP contribution in [-0.4, -0.2) is 36.4 Å². The van der Waals surface area contributed by atoms with Crippen molar-refractivity contribution in [2.75, 3.05) is 19.0 Å². The van der Waals surface area contributed by atoms with Gasteiger partial charge in [-0.15, -0.1) is 0 Å². The van der Waals surface area contributed by atoms with Gasteiger partial charge in [0.15, 0.2) is 11.5 Å². The normalized spacial score (nSPS) is 13.9. The van der Waals surface area contributed by atoms with Crippen molar-refractivity contribution in [3.8, 4) is 11.5 Å². The Morgan fingerprint density at radius 3 is 2.54 bits per heavy atom. The fourth-order valence-corrected chi connectivity index (χ4v) is 5.39. The fraction of sp³-hybridized carbons (Fsp3) is 0.156. The van der Waals surface area contributed by atoms with Gasteiger partial charge in [0, 0.05) is 5.69 Å². The molecule has 0 spiro atoms. The summed E-state index contributed by atoms with van der Waals surface area (Å²) in [7, 11) is 1.55. The average molecular weight is 661 g/mol. The second-order valence-electron chi connectivity index (χ2n) is 9.44. The number of ether oxygens (including phenoxy) is 2. The number of fused-ring (bicyclic) bond motifs is 1. The van der Waals surface area contributed by atoms with E-state index in [2.05, 4.69) is 57.5 Å². The molecule has 8 nitrogen and oxygen atoms in total. The van der Waals surface area contributed by atoms with Crippen molar-refractivity contribution in [2.24, 2.45) is 0 Å². The van der Waals surface area contributed by atoms with Crippen LogP contribution >= 0.6 is 22.6 Å². The van der Waals surface area contributed by atoms with Crippen LogP contribution in [0.2, 0.25) is 0 Å². The van der Waals surface area contributed by atoms with Crippen molar-refractivity contribution in [1.82, 2.24) is 10.2 Å². The molecule has 0 saturated carbocycles. The molecule has 208 valence electrons. The van der Waals surface area contributed by atoms with Gasteiger partial charge in [-0.1, -0.05) is 61.5 Å². The summed E-state index contributed by atoms with van der Waals surface area (Å²) in [4.78, 5) is 39.1. The molecule has 0 aliphatic carbocycles. The standard InChI is InChI=1S/C32H28IN3O5/c1-3-22-8-6-7-11-26(22)34-29(37)18-36-31(38)27(35-32(36)39)16-21-15-25(33)30(28(17-21)40-2)41-19-20-12-13-23-9-4-5-10-24(23)14-20/h4-17H,3,18-19H2,1-2H3,(H,34,37)(H,35,39)/b27-16+. The highest BCUT2D eigenvalue weighted by atomic mass is 127. The highest BCUT2D eigenvalue weighted by Gasteiger charge is 2.35. The Morgan fingerprint density at radius 2 is 1.76 bits per heavy atom. The number of halogens is 1. The third kappa shape index (κ3) is 6.35. The summed E-state index contributed by atoms with van der Waals surface area (Å²) < 4.78 is 12.5. The number of nitrogens with one attached hydrogen (secondary N) is 2. The van der Waals surface area contributed by atoms with Crippen molar-refractivity contribution in [3.63, 3.8) is 0 Å². The smallest absolute Gasteiger partial charge is 0.329 e. The number of imide groups is 1. The molecule has 1 heterocycles.